The Morgan fingerprint density at radius 3 is 2.68 bits per heavy atom. The van der Waals surface area contributed by atoms with Crippen LogP contribution in [0, 0.1) is 0 Å². The van der Waals surface area contributed by atoms with Gasteiger partial charge in [0.1, 0.15) is 0 Å². The number of hydrogen-bond donors (Lipinski definition) is 3. The van der Waals surface area contributed by atoms with E-state index in [1.54, 1.807) is 31.4 Å². The van der Waals surface area contributed by atoms with Crippen LogP contribution in [0.2, 0.25) is 0 Å². The lowest BCUT2D eigenvalue weighted by atomic mass is 10.1. The quantitative estimate of drug-likeness (QED) is 0.267. The van der Waals surface area contributed by atoms with Gasteiger partial charge in [-0.15, -0.1) is 0 Å². The summed E-state index contributed by atoms with van der Waals surface area (Å²) in [6.45, 7) is 1.55. The van der Waals surface area contributed by atoms with Crippen molar-refractivity contribution >= 4 is 26.9 Å². The molecular weight excluding hydrogens is 414 g/mol. The maximum Gasteiger partial charge on any atom is 0.240 e. The highest BCUT2D eigenvalue weighted by atomic mass is 32.2. The van der Waals surface area contributed by atoms with Crippen molar-refractivity contribution in [2.75, 3.05) is 27.3 Å². The molecule has 0 fully saturated rings. The SMILES string of the molecule is CN=C(NCc1cccc(S(=O)(=O)NCCOC)c1)NCc1ccnc2ccccc12. The van der Waals surface area contributed by atoms with Crippen LogP contribution in [0.25, 0.3) is 10.9 Å². The van der Waals surface area contributed by atoms with Gasteiger partial charge in [0.2, 0.25) is 10.0 Å². The summed E-state index contributed by atoms with van der Waals surface area (Å²) in [4.78, 5) is 8.85. The van der Waals surface area contributed by atoms with Gasteiger partial charge in [0.25, 0.3) is 0 Å². The summed E-state index contributed by atoms with van der Waals surface area (Å²) < 4.78 is 32.2. The van der Waals surface area contributed by atoms with Gasteiger partial charge < -0.3 is 15.4 Å². The predicted octanol–water partition coefficient (Wildman–Crippen LogP) is 2.02. The van der Waals surface area contributed by atoms with E-state index < -0.39 is 10.0 Å². The number of ether oxygens (including phenoxy) is 1. The fraction of sp³-hybridized carbons (Fsp3) is 0.273. The number of guanidine groups is 1. The second-order valence-corrected chi connectivity index (χ2v) is 8.57. The van der Waals surface area contributed by atoms with Gasteiger partial charge in [0, 0.05) is 45.4 Å². The molecule has 0 saturated heterocycles. The van der Waals surface area contributed by atoms with E-state index >= 15 is 0 Å². The van der Waals surface area contributed by atoms with Crippen molar-refractivity contribution in [3.8, 4) is 0 Å². The number of sulfonamides is 1. The van der Waals surface area contributed by atoms with Gasteiger partial charge in [-0.05, 0) is 35.4 Å². The largest absolute Gasteiger partial charge is 0.383 e. The zero-order valence-electron chi connectivity index (χ0n) is 17.6. The van der Waals surface area contributed by atoms with E-state index in [1.807, 2.05) is 36.4 Å². The van der Waals surface area contributed by atoms with Crippen LogP contribution in [-0.4, -0.2) is 46.7 Å². The van der Waals surface area contributed by atoms with Gasteiger partial charge >= 0.3 is 0 Å². The topological polar surface area (TPSA) is 105 Å². The van der Waals surface area contributed by atoms with Gasteiger partial charge in [-0.3, -0.25) is 9.98 Å². The smallest absolute Gasteiger partial charge is 0.240 e. The molecule has 164 valence electrons. The van der Waals surface area contributed by atoms with E-state index in [1.165, 1.54) is 7.11 Å². The summed E-state index contributed by atoms with van der Waals surface area (Å²) in [7, 11) is -0.354. The number of para-hydroxylation sites is 1. The lowest BCUT2D eigenvalue weighted by Crippen LogP contribution is -2.36. The second kappa shape index (κ2) is 10.9. The molecule has 0 spiro atoms. The monoisotopic (exact) mass is 441 g/mol. The molecule has 0 radical (unpaired) electrons. The predicted molar refractivity (Wildman–Crippen MR) is 122 cm³/mol. The number of nitrogens with zero attached hydrogens (tertiary/aromatic N) is 2. The first-order chi connectivity index (χ1) is 15.0. The Hall–Kier alpha value is -3.01. The summed E-state index contributed by atoms with van der Waals surface area (Å²) in [6.07, 6.45) is 1.79. The fourth-order valence-electron chi connectivity index (χ4n) is 3.08. The number of pyridine rings is 1. The maximum absolute atomic E-state index is 12.4. The Labute approximate surface area is 182 Å². The van der Waals surface area contributed by atoms with Crippen molar-refractivity contribution in [3.05, 3.63) is 71.9 Å². The average molecular weight is 442 g/mol. The Morgan fingerprint density at radius 1 is 1.06 bits per heavy atom. The van der Waals surface area contributed by atoms with Crippen LogP contribution < -0.4 is 15.4 Å². The van der Waals surface area contributed by atoms with Crippen LogP contribution in [0.15, 0.2) is 70.7 Å². The van der Waals surface area contributed by atoms with Gasteiger partial charge in [0.05, 0.1) is 17.0 Å². The molecule has 1 heterocycles. The zero-order valence-corrected chi connectivity index (χ0v) is 18.4. The van der Waals surface area contributed by atoms with Gasteiger partial charge in [-0.1, -0.05) is 30.3 Å². The van der Waals surface area contributed by atoms with Crippen molar-refractivity contribution in [3.63, 3.8) is 0 Å². The van der Waals surface area contributed by atoms with E-state index in [-0.39, 0.29) is 11.4 Å². The molecule has 9 heteroatoms. The van der Waals surface area contributed by atoms with Crippen LogP contribution in [0.1, 0.15) is 11.1 Å². The number of methoxy groups -OCH3 is 1. The molecule has 3 N–H and O–H groups in total. The third-order valence-electron chi connectivity index (χ3n) is 4.68. The maximum atomic E-state index is 12.4. The third kappa shape index (κ3) is 6.24. The van der Waals surface area contributed by atoms with E-state index in [9.17, 15) is 8.42 Å². The molecule has 0 aliphatic carbocycles. The van der Waals surface area contributed by atoms with Crippen LogP contribution in [0.4, 0.5) is 0 Å². The number of aromatic nitrogens is 1. The normalized spacial score (nSPS) is 12.1. The van der Waals surface area contributed by atoms with Crippen molar-refractivity contribution in [1.82, 2.24) is 20.3 Å². The fourth-order valence-corrected chi connectivity index (χ4v) is 4.16. The van der Waals surface area contributed by atoms with Crippen molar-refractivity contribution in [1.29, 1.82) is 0 Å². The number of hydrogen-bond acceptors (Lipinski definition) is 5. The minimum absolute atomic E-state index is 0.217. The molecule has 0 bridgehead atoms. The molecule has 0 saturated carbocycles. The standard InChI is InChI=1S/C22H27N5O3S/c1-23-22(26-16-18-10-11-24-21-9-4-3-8-20(18)21)25-15-17-6-5-7-19(14-17)31(28,29)27-12-13-30-2/h3-11,14,27H,12-13,15-16H2,1-2H3,(H2,23,25,26). The van der Waals surface area contributed by atoms with Gasteiger partial charge in [-0.25, -0.2) is 13.1 Å². The Balaban J connectivity index is 1.61. The molecular formula is C22H27N5O3S. The van der Waals surface area contributed by atoms with E-state index in [2.05, 4.69) is 25.3 Å². The van der Waals surface area contributed by atoms with Gasteiger partial charge in [0.15, 0.2) is 5.96 Å². The molecule has 3 rings (SSSR count). The summed E-state index contributed by atoms with van der Waals surface area (Å²) in [5.41, 5.74) is 2.89. The number of aliphatic imine (C=N–C) groups is 1. The third-order valence-corrected chi connectivity index (χ3v) is 6.13. The number of fused-ring (bicyclic) bond motifs is 1. The van der Waals surface area contributed by atoms with E-state index in [0.29, 0.717) is 25.7 Å². The van der Waals surface area contributed by atoms with Crippen LogP contribution >= 0.6 is 0 Å². The minimum atomic E-state index is -3.58. The molecule has 31 heavy (non-hydrogen) atoms. The first-order valence-corrected chi connectivity index (χ1v) is 11.4. The molecule has 3 aromatic rings. The van der Waals surface area contributed by atoms with Crippen molar-refractivity contribution in [2.45, 2.75) is 18.0 Å². The van der Waals surface area contributed by atoms with E-state index in [0.717, 1.165) is 22.0 Å². The van der Waals surface area contributed by atoms with E-state index in [4.69, 9.17) is 4.74 Å². The average Bonchev–Trinajstić information content (AvgIpc) is 2.79. The van der Waals surface area contributed by atoms with Crippen LogP contribution in [-0.2, 0) is 27.8 Å². The summed E-state index contributed by atoms with van der Waals surface area (Å²) >= 11 is 0. The highest BCUT2D eigenvalue weighted by Crippen LogP contribution is 2.16. The van der Waals surface area contributed by atoms with Crippen molar-refractivity contribution < 1.29 is 13.2 Å². The molecule has 1 aromatic heterocycles. The van der Waals surface area contributed by atoms with Crippen LogP contribution in [0.3, 0.4) is 0 Å². The minimum Gasteiger partial charge on any atom is -0.383 e. The Kier molecular flexibility index (Phi) is 7.94. The number of rotatable bonds is 9. The summed E-state index contributed by atoms with van der Waals surface area (Å²) in [5, 5.41) is 7.61. The number of nitrogens with one attached hydrogen (secondary N) is 3. The van der Waals surface area contributed by atoms with Crippen molar-refractivity contribution in [2.24, 2.45) is 4.99 Å². The first-order valence-electron chi connectivity index (χ1n) is 9.88. The molecule has 2 aromatic carbocycles. The van der Waals surface area contributed by atoms with Gasteiger partial charge in [-0.2, -0.15) is 0 Å². The zero-order chi connectivity index (χ0) is 22.1. The molecule has 0 aliphatic rings. The molecule has 0 amide bonds. The Morgan fingerprint density at radius 2 is 1.87 bits per heavy atom. The summed E-state index contributed by atoms with van der Waals surface area (Å²) in [6, 6.07) is 16.8. The highest BCUT2D eigenvalue weighted by Gasteiger charge is 2.13. The molecule has 0 aliphatic heterocycles. The Bertz CT molecular complexity index is 1140. The highest BCUT2D eigenvalue weighted by molar-refractivity contribution is 7.89. The van der Waals surface area contributed by atoms with Crippen LogP contribution in [0.5, 0.6) is 0 Å². The first kappa shape index (κ1) is 22.7. The molecule has 0 atom stereocenters. The second-order valence-electron chi connectivity index (χ2n) is 6.80. The summed E-state index contributed by atoms with van der Waals surface area (Å²) in [5.74, 6) is 0.618. The lowest BCUT2D eigenvalue weighted by molar-refractivity contribution is 0.204. The number of benzene rings is 2. The molecule has 8 nitrogen and oxygen atoms in total. The molecule has 0 unspecified atom stereocenters. The lowest BCUT2D eigenvalue weighted by Gasteiger charge is -2.14.